The van der Waals surface area contributed by atoms with Crippen molar-refractivity contribution >= 4 is 11.6 Å². The average Bonchev–Trinajstić information content (AvgIpc) is 2.38. The van der Waals surface area contributed by atoms with Crippen LogP contribution in [0.2, 0.25) is 0 Å². The second kappa shape index (κ2) is 5.19. The van der Waals surface area contributed by atoms with E-state index in [4.69, 9.17) is 5.84 Å². The first kappa shape index (κ1) is 13.8. The third kappa shape index (κ3) is 3.05. The number of likely N-dealkylation sites (tertiary alicyclic amines) is 1. The highest BCUT2D eigenvalue weighted by atomic mass is 16.3. The van der Waals surface area contributed by atoms with E-state index < -0.39 is 5.60 Å². The van der Waals surface area contributed by atoms with Crippen molar-refractivity contribution in [1.29, 1.82) is 0 Å². The predicted molar refractivity (Wildman–Crippen MR) is 74.8 cm³/mol. The van der Waals surface area contributed by atoms with Gasteiger partial charge in [0.1, 0.15) is 0 Å². The molecule has 1 saturated heterocycles. The maximum atomic E-state index is 12.4. The van der Waals surface area contributed by atoms with E-state index in [9.17, 15) is 9.90 Å². The van der Waals surface area contributed by atoms with Crippen LogP contribution < -0.4 is 11.3 Å². The fourth-order valence-corrected chi connectivity index (χ4v) is 2.33. The molecule has 5 nitrogen and oxygen atoms in total. The molecule has 0 aliphatic carbocycles. The summed E-state index contributed by atoms with van der Waals surface area (Å²) in [5.74, 6) is 5.39. The van der Waals surface area contributed by atoms with Crippen molar-refractivity contribution in [2.45, 2.75) is 32.3 Å². The number of benzene rings is 1. The summed E-state index contributed by atoms with van der Waals surface area (Å²) < 4.78 is 0. The van der Waals surface area contributed by atoms with Gasteiger partial charge in [-0.1, -0.05) is 0 Å². The first-order chi connectivity index (χ1) is 8.93. The van der Waals surface area contributed by atoms with Gasteiger partial charge in [0.15, 0.2) is 0 Å². The van der Waals surface area contributed by atoms with Crippen LogP contribution in [-0.2, 0) is 0 Å². The SMILES string of the molecule is Cc1cc(C(=O)N2CCC(C)(O)CC2)ccc1NN. The predicted octanol–water partition coefficient (Wildman–Crippen LogP) is 1.27. The number of aliphatic hydroxyl groups is 1. The van der Waals surface area contributed by atoms with Gasteiger partial charge in [-0.2, -0.15) is 0 Å². The van der Waals surface area contributed by atoms with Crippen molar-refractivity contribution in [2.24, 2.45) is 5.84 Å². The zero-order valence-corrected chi connectivity index (χ0v) is 11.4. The highest BCUT2D eigenvalue weighted by molar-refractivity contribution is 5.95. The normalized spacial score (nSPS) is 18.2. The molecule has 104 valence electrons. The van der Waals surface area contributed by atoms with Gasteiger partial charge in [-0.25, -0.2) is 0 Å². The number of aryl methyl sites for hydroxylation is 1. The van der Waals surface area contributed by atoms with Crippen LogP contribution in [0.4, 0.5) is 5.69 Å². The number of nitrogens with zero attached hydrogens (tertiary/aromatic N) is 1. The lowest BCUT2D eigenvalue weighted by Crippen LogP contribution is -2.45. The molecule has 4 N–H and O–H groups in total. The lowest BCUT2D eigenvalue weighted by atomic mass is 9.93. The van der Waals surface area contributed by atoms with Gasteiger partial charge in [0, 0.05) is 18.7 Å². The van der Waals surface area contributed by atoms with Gasteiger partial charge in [0.25, 0.3) is 5.91 Å². The largest absolute Gasteiger partial charge is 0.390 e. The number of nitrogens with two attached hydrogens (primary N) is 1. The molecule has 0 spiro atoms. The summed E-state index contributed by atoms with van der Waals surface area (Å²) in [6.07, 6.45) is 1.25. The highest BCUT2D eigenvalue weighted by Crippen LogP contribution is 2.23. The van der Waals surface area contributed by atoms with E-state index in [1.807, 2.05) is 26.0 Å². The quantitative estimate of drug-likeness (QED) is 0.554. The summed E-state index contributed by atoms with van der Waals surface area (Å²) in [6, 6.07) is 5.42. The van der Waals surface area contributed by atoms with Gasteiger partial charge < -0.3 is 15.4 Å². The Morgan fingerprint density at radius 2 is 2.05 bits per heavy atom. The molecule has 0 aromatic heterocycles. The van der Waals surface area contributed by atoms with E-state index in [1.165, 1.54) is 0 Å². The minimum atomic E-state index is -0.639. The van der Waals surface area contributed by atoms with Crippen molar-refractivity contribution in [3.05, 3.63) is 29.3 Å². The molecular weight excluding hydrogens is 242 g/mol. The number of hydrazine groups is 1. The maximum Gasteiger partial charge on any atom is 0.253 e. The maximum absolute atomic E-state index is 12.4. The van der Waals surface area contributed by atoms with Gasteiger partial charge in [0.05, 0.1) is 11.3 Å². The van der Waals surface area contributed by atoms with Gasteiger partial charge in [-0.05, 0) is 50.5 Å². The molecule has 19 heavy (non-hydrogen) atoms. The molecule has 0 radical (unpaired) electrons. The number of hydrogen-bond acceptors (Lipinski definition) is 4. The zero-order valence-electron chi connectivity index (χ0n) is 11.4. The van der Waals surface area contributed by atoms with E-state index in [0.717, 1.165) is 11.3 Å². The molecule has 1 aromatic rings. The third-order valence-electron chi connectivity index (χ3n) is 3.76. The van der Waals surface area contributed by atoms with E-state index in [0.29, 0.717) is 31.5 Å². The van der Waals surface area contributed by atoms with Gasteiger partial charge in [-0.15, -0.1) is 0 Å². The molecule has 0 bridgehead atoms. The zero-order chi connectivity index (χ0) is 14.0. The molecule has 5 heteroatoms. The molecule has 1 fully saturated rings. The van der Waals surface area contributed by atoms with Crippen LogP contribution in [0.5, 0.6) is 0 Å². The number of piperidine rings is 1. The summed E-state index contributed by atoms with van der Waals surface area (Å²) in [5, 5.41) is 9.90. The molecular formula is C14H21N3O2. The Bertz CT molecular complexity index is 476. The molecule has 1 aliphatic rings. The topological polar surface area (TPSA) is 78.6 Å². The van der Waals surface area contributed by atoms with E-state index in [-0.39, 0.29) is 5.91 Å². The minimum Gasteiger partial charge on any atom is -0.390 e. The van der Waals surface area contributed by atoms with Crippen LogP contribution in [0.1, 0.15) is 35.7 Å². The van der Waals surface area contributed by atoms with E-state index in [2.05, 4.69) is 5.43 Å². The molecule has 1 heterocycles. The number of hydrogen-bond donors (Lipinski definition) is 3. The Labute approximate surface area is 113 Å². The first-order valence-electron chi connectivity index (χ1n) is 6.52. The van der Waals surface area contributed by atoms with Crippen molar-refractivity contribution in [3.8, 4) is 0 Å². The lowest BCUT2D eigenvalue weighted by Gasteiger charge is -2.35. The van der Waals surface area contributed by atoms with E-state index in [1.54, 1.807) is 11.0 Å². The summed E-state index contributed by atoms with van der Waals surface area (Å²) in [6.45, 7) is 4.93. The molecule has 0 saturated carbocycles. The fraction of sp³-hybridized carbons (Fsp3) is 0.500. The summed E-state index contributed by atoms with van der Waals surface area (Å²) in [4.78, 5) is 14.1. The van der Waals surface area contributed by atoms with E-state index >= 15 is 0 Å². The van der Waals surface area contributed by atoms with Crippen molar-refractivity contribution in [2.75, 3.05) is 18.5 Å². The molecule has 1 aliphatic heterocycles. The Morgan fingerprint density at radius 3 is 2.58 bits per heavy atom. The van der Waals surface area contributed by atoms with Gasteiger partial charge in [-0.3, -0.25) is 10.6 Å². The molecule has 0 unspecified atom stereocenters. The van der Waals surface area contributed by atoms with Crippen LogP contribution in [0.3, 0.4) is 0 Å². The number of nitrogen functional groups attached to an aromatic ring is 1. The lowest BCUT2D eigenvalue weighted by molar-refractivity contribution is -0.00202. The standard InChI is InChI=1S/C14H21N3O2/c1-10-9-11(3-4-12(10)16-15)13(18)17-7-5-14(2,19)6-8-17/h3-4,9,16,19H,5-8,15H2,1-2H3. The molecule has 1 amide bonds. The van der Waals surface area contributed by atoms with Crippen molar-refractivity contribution in [3.63, 3.8) is 0 Å². The van der Waals surface area contributed by atoms with Crippen LogP contribution in [0.25, 0.3) is 0 Å². The second-order valence-electron chi connectivity index (χ2n) is 5.46. The van der Waals surface area contributed by atoms with Crippen molar-refractivity contribution < 1.29 is 9.90 Å². The van der Waals surface area contributed by atoms with Gasteiger partial charge in [0.2, 0.25) is 0 Å². The van der Waals surface area contributed by atoms with Crippen LogP contribution >= 0.6 is 0 Å². The highest BCUT2D eigenvalue weighted by Gasteiger charge is 2.29. The number of carbonyl (C=O) groups excluding carboxylic acids is 1. The first-order valence-corrected chi connectivity index (χ1v) is 6.52. The molecule has 1 aromatic carbocycles. The number of rotatable bonds is 2. The number of carbonyl (C=O) groups is 1. The Kier molecular flexibility index (Phi) is 3.78. The van der Waals surface area contributed by atoms with Crippen LogP contribution in [-0.4, -0.2) is 34.6 Å². The number of amides is 1. The average molecular weight is 263 g/mol. The van der Waals surface area contributed by atoms with Gasteiger partial charge >= 0.3 is 0 Å². The summed E-state index contributed by atoms with van der Waals surface area (Å²) in [7, 11) is 0. The fourth-order valence-electron chi connectivity index (χ4n) is 2.33. The minimum absolute atomic E-state index is 0.0159. The molecule has 2 rings (SSSR count). The smallest absolute Gasteiger partial charge is 0.253 e. The third-order valence-corrected chi connectivity index (χ3v) is 3.76. The Morgan fingerprint density at radius 1 is 1.42 bits per heavy atom. The monoisotopic (exact) mass is 263 g/mol. The Hall–Kier alpha value is -1.59. The second-order valence-corrected chi connectivity index (χ2v) is 5.46. The molecule has 0 atom stereocenters. The number of anilines is 1. The number of nitrogens with one attached hydrogen (secondary N) is 1. The summed E-state index contributed by atoms with van der Waals surface area (Å²) >= 11 is 0. The van der Waals surface area contributed by atoms with Crippen molar-refractivity contribution in [1.82, 2.24) is 4.90 Å². The summed E-state index contributed by atoms with van der Waals surface area (Å²) in [5.41, 5.74) is 4.38. The Balaban J connectivity index is 2.10. The van der Waals surface area contributed by atoms with Crippen LogP contribution in [0.15, 0.2) is 18.2 Å². The van der Waals surface area contributed by atoms with Crippen LogP contribution in [0, 0.1) is 6.92 Å².